The van der Waals surface area contributed by atoms with Gasteiger partial charge in [-0.25, -0.2) is 4.98 Å². The molecular weight excluding hydrogens is 436 g/mol. The van der Waals surface area contributed by atoms with Crippen molar-refractivity contribution in [3.63, 3.8) is 0 Å². The van der Waals surface area contributed by atoms with E-state index in [1.54, 1.807) is 6.07 Å². The zero-order valence-electron chi connectivity index (χ0n) is 16.9. The first kappa shape index (κ1) is 21.0. The van der Waals surface area contributed by atoms with Crippen molar-refractivity contribution >= 4 is 33.8 Å². The summed E-state index contributed by atoms with van der Waals surface area (Å²) in [6.07, 6.45) is 0. The Morgan fingerprint density at radius 2 is 1.90 bits per heavy atom. The van der Waals surface area contributed by atoms with Crippen molar-refractivity contribution in [2.24, 2.45) is 0 Å². The number of nitrogens with one attached hydrogen (secondary N) is 1. The zero-order chi connectivity index (χ0) is 22.0. The molecule has 0 atom stereocenters. The van der Waals surface area contributed by atoms with Crippen LogP contribution in [-0.4, -0.2) is 27.1 Å². The summed E-state index contributed by atoms with van der Waals surface area (Å²) in [6, 6.07) is 14.4. The molecule has 0 aliphatic rings. The summed E-state index contributed by atoms with van der Waals surface area (Å²) in [6.45, 7) is 3.85. The number of aryl methyl sites for hydroxylation is 2. The van der Waals surface area contributed by atoms with E-state index in [-0.39, 0.29) is 24.6 Å². The highest BCUT2D eigenvalue weighted by Crippen LogP contribution is 2.30. The second kappa shape index (κ2) is 8.87. The summed E-state index contributed by atoms with van der Waals surface area (Å²) >= 11 is 7.49. The van der Waals surface area contributed by atoms with Gasteiger partial charge < -0.3 is 10.1 Å². The van der Waals surface area contributed by atoms with E-state index in [0.717, 1.165) is 16.7 Å². The SMILES string of the molecule is Cc1cccc(C)c1OCC(=O)NCc1cc(=O)n2nc(-c3ccccc3Cl)sc2n1. The lowest BCUT2D eigenvalue weighted by Crippen LogP contribution is -2.29. The first-order chi connectivity index (χ1) is 14.9. The molecule has 0 fully saturated rings. The van der Waals surface area contributed by atoms with Crippen LogP contribution in [0.15, 0.2) is 53.3 Å². The lowest BCUT2D eigenvalue weighted by molar-refractivity contribution is -0.123. The van der Waals surface area contributed by atoms with Gasteiger partial charge in [-0.15, -0.1) is 0 Å². The largest absolute Gasteiger partial charge is 0.483 e. The maximum atomic E-state index is 12.5. The second-order valence-corrected chi connectivity index (χ2v) is 8.32. The third-order valence-corrected chi connectivity index (χ3v) is 5.90. The minimum atomic E-state index is -0.324. The van der Waals surface area contributed by atoms with Crippen LogP contribution in [0.25, 0.3) is 15.5 Å². The molecule has 2 aromatic heterocycles. The molecule has 0 spiro atoms. The molecule has 1 amide bonds. The highest BCUT2D eigenvalue weighted by Gasteiger charge is 2.13. The maximum Gasteiger partial charge on any atom is 0.275 e. The van der Waals surface area contributed by atoms with E-state index in [0.29, 0.717) is 26.4 Å². The average molecular weight is 455 g/mol. The molecule has 0 unspecified atom stereocenters. The number of carbonyl (C=O) groups excluding carboxylic acids is 1. The molecule has 1 N–H and O–H groups in total. The van der Waals surface area contributed by atoms with Gasteiger partial charge in [-0.05, 0) is 31.0 Å². The molecule has 7 nitrogen and oxygen atoms in total. The van der Waals surface area contributed by atoms with Crippen molar-refractivity contribution in [2.45, 2.75) is 20.4 Å². The van der Waals surface area contributed by atoms with Crippen LogP contribution >= 0.6 is 22.9 Å². The van der Waals surface area contributed by atoms with Crippen LogP contribution in [0.5, 0.6) is 5.75 Å². The molecule has 2 heterocycles. The van der Waals surface area contributed by atoms with Gasteiger partial charge in [0.15, 0.2) is 6.61 Å². The van der Waals surface area contributed by atoms with Crippen LogP contribution in [0.2, 0.25) is 5.02 Å². The third kappa shape index (κ3) is 4.60. The van der Waals surface area contributed by atoms with E-state index < -0.39 is 0 Å². The lowest BCUT2D eigenvalue weighted by atomic mass is 10.1. The molecule has 0 aliphatic carbocycles. The van der Waals surface area contributed by atoms with Crippen molar-refractivity contribution in [3.05, 3.63) is 80.7 Å². The second-order valence-electron chi connectivity index (χ2n) is 6.95. The first-order valence-corrected chi connectivity index (χ1v) is 10.7. The Morgan fingerprint density at radius 3 is 2.65 bits per heavy atom. The van der Waals surface area contributed by atoms with Gasteiger partial charge >= 0.3 is 0 Å². The molecule has 158 valence electrons. The molecule has 0 radical (unpaired) electrons. The van der Waals surface area contributed by atoms with Gasteiger partial charge in [-0.1, -0.05) is 59.3 Å². The minimum Gasteiger partial charge on any atom is -0.483 e. The van der Waals surface area contributed by atoms with Crippen LogP contribution in [0.4, 0.5) is 0 Å². The topological polar surface area (TPSA) is 85.6 Å². The number of rotatable bonds is 6. The summed E-state index contributed by atoms with van der Waals surface area (Å²) in [4.78, 5) is 29.6. The van der Waals surface area contributed by atoms with Gasteiger partial charge in [0.2, 0.25) is 4.96 Å². The Balaban J connectivity index is 1.46. The van der Waals surface area contributed by atoms with Crippen molar-refractivity contribution in [3.8, 4) is 16.3 Å². The Bertz CT molecular complexity index is 1310. The van der Waals surface area contributed by atoms with Gasteiger partial charge in [-0.2, -0.15) is 9.61 Å². The quantitative estimate of drug-likeness (QED) is 0.479. The number of hydrogen-bond donors (Lipinski definition) is 1. The summed E-state index contributed by atoms with van der Waals surface area (Å²) in [7, 11) is 0. The van der Waals surface area contributed by atoms with E-state index in [1.807, 2.05) is 50.2 Å². The summed E-state index contributed by atoms with van der Waals surface area (Å²) < 4.78 is 6.89. The molecule has 9 heteroatoms. The standard InChI is InChI=1S/C22H19ClN4O3S/c1-13-6-5-7-14(2)20(13)30-12-18(28)24-11-15-10-19(29)27-22(25-15)31-21(26-27)16-8-3-4-9-17(16)23/h3-10H,11-12H2,1-2H3,(H,24,28). The first-order valence-electron chi connectivity index (χ1n) is 9.53. The lowest BCUT2D eigenvalue weighted by Gasteiger charge is -2.11. The number of para-hydroxylation sites is 1. The van der Waals surface area contributed by atoms with Crippen LogP contribution < -0.4 is 15.6 Å². The predicted octanol–water partition coefficient (Wildman–Crippen LogP) is 3.78. The van der Waals surface area contributed by atoms with Gasteiger partial charge in [-0.3, -0.25) is 9.59 Å². The van der Waals surface area contributed by atoms with Gasteiger partial charge in [0.05, 0.1) is 17.3 Å². The number of hydrogen-bond acceptors (Lipinski definition) is 6. The fraction of sp³-hybridized carbons (Fsp3) is 0.182. The van der Waals surface area contributed by atoms with E-state index >= 15 is 0 Å². The van der Waals surface area contributed by atoms with Crippen molar-refractivity contribution in [1.29, 1.82) is 0 Å². The Kier molecular flexibility index (Phi) is 6.01. The van der Waals surface area contributed by atoms with Crippen molar-refractivity contribution in [1.82, 2.24) is 19.9 Å². The number of fused-ring (bicyclic) bond motifs is 1. The normalized spacial score (nSPS) is 10.9. The molecule has 31 heavy (non-hydrogen) atoms. The smallest absolute Gasteiger partial charge is 0.275 e. The number of carbonyl (C=O) groups is 1. The Hall–Kier alpha value is -3.23. The molecular formula is C22H19ClN4O3S. The highest BCUT2D eigenvalue weighted by molar-refractivity contribution is 7.19. The van der Waals surface area contributed by atoms with Crippen LogP contribution in [-0.2, 0) is 11.3 Å². The Morgan fingerprint density at radius 1 is 1.16 bits per heavy atom. The average Bonchev–Trinajstić information content (AvgIpc) is 3.17. The third-order valence-electron chi connectivity index (χ3n) is 4.63. The summed E-state index contributed by atoms with van der Waals surface area (Å²) in [5, 5.41) is 8.21. The molecule has 0 saturated carbocycles. The van der Waals surface area contributed by atoms with Gasteiger partial charge in [0.25, 0.3) is 11.5 Å². The number of halogens is 1. The van der Waals surface area contributed by atoms with Crippen LogP contribution in [0, 0.1) is 13.8 Å². The van der Waals surface area contributed by atoms with Crippen LogP contribution in [0.3, 0.4) is 0 Å². The number of benzene rings is 2. The number of ether oxygens (including phenoxy) is 1. The Labute approximate surface area is 187 Å². The summed E-state index contributed by atoms with van der Waals surface area (Å²) in [5.41, 5.74) is 2.79. The molecule has 0 saturated heterocycles. The molecule has 4 rings (SSSR count). The van der Waals surface area contributed by atoms with Gasteiger partial charge in [0.1, 0.15) is 10.8 Å². The maximum absolute atomic E-state index is 12.5. The highest BCUT2D eigenvalue weighted by atomic mass is 35.5. The number of amides is 1. The van der Waals surface area contributed by atoms with Gasteiger partial charge in [0, 0.05) is 11.6 Å². The molecule has 0 bridgehead atoms. The number of aromatic nitrogens is 3. The zero-order valence-corrected chi connectivity index (χ0v) is 18.5. The fourth-order valence-corrected chi connectivity index (χ4v) is 4.34. The van der Waals surface area contributed by atoms with E-state index in [1.165, 1.54) is 21.9 Å². The summed E-state index contributed by atoms with van der Waals surface area (Å²) in [5.74, 6) is 0.401. The van der Waals surface area contributed by atoms with Crippen LogP contribution in [0.1, 0.15) is 16.8 Å². The minimum absolute atomic E-state index is 0.111. The fourth-order valence-electron chi connectivity index (χ4n) is 3.10. The molecule has 4 aromatic rings. The monoisotopic (exact) mass is 454 g/mol. The molecule has 2 aromatic carbocycles. The van der Waals surface area contributed by atoms with E-state index in [2.05, 4.69) is 15.4 Å². The van der Waals surface area contributed by atoms with Crippen molar-refractivity contribution < 1.29 is 9.53 Å². The van der Waals surface area contributed by atoms with E-state index in [4.69, 9.17) is 16.3 Å². The van der Waals surface area contributed by atoms with Crippen molar-refractivity contribution in [2.75, 3.05) is 6.61 Å². The molecule has 0 aliphatic heterocycles. The predicted molar refractivity (Wildman–Crippen MR) is 121 cm³/mol. The number of nitrogens with zero attached hydrogens (tertiary/aromatic N) is 3. The van der Waals surface area contributed by atoms with E-state index in [9.17, 15) is 9.59 Å².